The second kappa shape index (κ2) is 11.5. The first-order valence-electron chi connectivity index (χ1n) is 11.2. The summed E-state index contributed by atoms with van der Waals surface area (Å²) in [6, 6.07) is 18.6. The minimum atomic E-state index is -3.79. The predicted molar refractivity (Wildman–Crippen MR) is 143 cm³/mol. The maximum Gasteiger partial charge on any atom is 0.262 e. The zero-order chi connectivity index (χ0) is 26.4. The van der Waals surface area contributed by atoms with Crippen LogP contribution in [0.3, 0.4) is 0 Å². The van der Waals surface area contributed by atoms with Gasteiger partial charge in [-0.3, -0.25) is 19.1 Å². The zero-order valence-electron chi connectivity index (χ0n) is 19.9. The van der Waals surface area contributed by atoms with Crippen LogP contribution in [0.25, 0.3) is 10.9 Å². The number of amides is 1. The quantitative estimate of drug-likeness (QED) is 0.144. The van der Waals surface area contributed by atoms with E-state index >= 15 is 0 Å². The Morgan fingerprint density at radius 3 is 2.51 bits per heavy atom. The van der Waals surface area contributed by atoms with Crippen LogP contribution >= 0.6 is 11.8 Å². The topological polar surface area (TPSA) is 149 Å². The number of carbonyl (C=O) groups excluding carboxylic acids is 1. The van der Waals surface area contributed by atoms with Gasteiger partial charge in [0.05, 0.1) is 33.0 Å². The van der Waals surface area contributed by atoms with Crippen LogP contribution in [0.5, 0.6) is 0 Å². The number of nitrogens with one attached hydrogen (secondary N) is 1. The Morgan fingerprint density at radius 1 is 1.08 bits per heavy atom. The van der Waals surface area contributed by atoms with Crippen molar-refractivity contribution < 1.29 is 13.2 Å². The number of para-hydroxylation sites is 1. The maximum absolute atomic E-state index is 13.3. The highest BCUT2D eigenvalue weighted by atomic mass is 32.2. The SMILES string of the molecule is C/C(=N\NC(=O)CSc1nc2ccccc2c(=O)n1CCc1ccc(S(N)(=O)=O)cc1)c1ccccn1. The number of primary sulfonamides is 1. The summed E-state index contributed by atoms with van der Waals surface area (Å²) in [7, 11) is -3.79. The number of hydrogen-bond donors (Lipinski definition) is 2. The Morgan fingerprint density at radius 2 is 1.81 bits per heavy atom. The largest absolute Gasteiger partial charge is 0.287 e. The normalized spacial score (nSPS) is 12.0. The molecule has 2 aromatic carbocycles. The highest BCUT2D eigenvalue weighted by molar-refractivity contribution is 7.99. The third-order valence-electron chi connectivity index (χ3n) is 5.42. The van der Waals surface area contributed by atoms with Crippen molar-refractivity contribution >= 4 is 44.3 Å². The molecule has 0 spiro atoms. The second-order valence-corrected chi connectivity index (χ2v) is 10.5. The Bertz CT molecular complexity index is 1620. The number of fused-ring (bicyclic) bond motifs is 1. The van der Waals surface area contributed by atoms with Crippen LogP contribution in [-0.4, -0.2) is 40.3 Å². The van der Waals surface area contributed by atoms with Crippen LogP contribution in [0.4, 0.5) is 0 Å². The van der Waals surface area contributed by atoms with Gasteiger partial charge in [-0.15, -0.1) is 0 Å². The van der Waals surface area contributed by atoms with Crippen LogP contribution < -0.4 is 16.1 Å². The lowest BCUT2D eigenvalue weighted by Gasteiger charge is -2.13. The summed E-state index contributed by atoms with van der Waals surface area (Å²) < 4.78 is 24.5. The Kier molecular flexibility index (Phi) is 8.11. The lowest BCUT2D eigenvalue weighted by molar-refractivity contribution is -0.118. The molecule has 0 aliphatic carbocycles. The fourth-order valence-electron chi connectivity index (χ4n) is 3.48. The molecule has 0 fully saturated rings. The number of aromatic nitrogens is 3. The van der Waals surface area contributed by atoms with Crippen molar-refractivity contribution in [2.24, 2.45) is 10.2 Å². The lowest BCUT2D eigenvalue weighted by Crippen LogP contribution is -2.26. The summed E-state index contributed by atoms with van der Waals surface area (Å²) in [4.78, 5) is 34.6. The second-order valence-electron chi connectivity index (χ2n) is 8.04. The molecule has 2 aromatic heterocycles. The number of rotatable bonds is 9. The highest BCUT2D eigenvalue weighted by Crippen LogP contribution is 2.19. The number of thioether (sulfide) groups is 1. The Labute approximate surface area is 217 Å². The van der Waals surface area contributed by atoms with Crippen LogP contribution in [0.2, 0.25) is 0 Å². The van der Waals surface area contributed by atoms with Crippen LogP contribution in [0, 0.1) is 0 Å². The molecule has 4 rings (SSSR count). The molecular weight excluding hydrogens is 512 g/mol. The molecule has 10 nitrogen and oxygen atoms in total. The van der Waals surface area contributed by atoms with E-state index in [4.69, 9.17) is 5.14 Å². The molecule has 12 heteroatoms. The first-order valence-corrected chi connectivity index (χ1v) is 13.7. The number of nitrogens with two attached hydrogens (primary N) is 1. The standard InChI is InChI=1S/C25H24N6O4S2/c1-17(21-7-4-5-14-27-21)29-30-23(32)16-36-25-28-22-8-3-2-6-20(22)24(33)31(25)15-13-18-9-11-19(12-10-18)37(26,34)35/h2-12,14H,13,15-16H2,1H3,(H,30,32)(H2,26,34,35)/b29-17+. The number of pyridine rings is 1. The molecule has 0 radical (unpaired) electrons. The van der Waals surface area contributed by atoms with Crippen molar-refractivity contribution in [3.8, 4) is 0 Å². The average molecular weight is 537 g/mol. The molecule has 0 aliphatic rings. The monoisotopic (exact) mass is 536 g/mol. The summed E-state index contributed by atoms with van der Waals surface area (Å²) in [5, 5.41) is 10.1. The number of nitrogens with zero attached hydrogens (tertiary/aromatic N) is 4. The number of hydrazone groups is 1. The third-order valence-corrected chi connectivity index (χ3v) is 7.32. The number of carbonyl (C=O) groups is 1. The molecule has 0 atom stereocenters. The molecule has 4 aromatic rings. The molecule has 0 saturated carbocycles. The average Bonchev–Trinajstić information content (AvgIpc) is 2.90. The minimum absolute atomic E-state index is 0.00711. The van der Waals surface area contributed by atoms with Crippen molar-refractivity contribution in [3.63, 3.8) is 0 Å². The van der Waals surface area contributed by atoms with E-state index in [1.807, 2.05) is 6.07 Å². The van der Waals surface area contributed by atoms with Crippen molar-refractivity contribution in [1.82, 2.24) is 20.0 Å². The summed E-state index contributed by atoms with van der Waals surface area (Å²) in [6.07, 6.45) is 2.09. The fraction of sp³-hybridized carbons (Fsp3) is 0.160. The number of hydrogen-bond acceptors (Lipinski definition) is 8. The van der Waals surface area contributed by atoms with Crippen molar-refractivity contribution in [3.05, 3.63) is 94.5 Å². The lowest BCUT2D eigenvalue weighted by atomic mass is 10.1. The molecule has 2 heterocycles. The zero-order valence-corrected chi connectivity index (χ0v) is 21.5. The number of benzene rings is 2. The van der Waals surface area contributed by atoms with Gasteiger partial charge >= 0.3 is 0 Å². The van der Waals surface area contributed by atoms with Crippen LogP contribution in [0.15, 0.2) is 92.9 Å². The van der Waals surface area contributed by atoms with E-state index in [0.717, 1.165) is 17.3 Å². The van der Waals surface area contributed by atoms with E-state index in [9.17, 15) is 18.0 Å². The third kappa shape index (κ3) is 6.67. The van der Waals surface area contributed by atoms with E-state index in [1.165, 1.54) is 16.7 Å². The Hall–Kier alpha value is -3.87. The summed E-state index contributed by atoms with van der Waals surface area (Å²) in [5.41, 5.74) is 4.86. The summed E-state index contributed by atoms with van der Waals surface area (Å²) in [5.74, 6) is -0.361. The van der Waals surface area contributed by atoms with Gasteiger partial charge in [-0.25, -0.2) is 24.0 Å². The van der Waals surface area contributed by atoms with Gasteiger partial charge in [-0.05, 0) is 55.3 Å². The molecule has 0 saturated heterocycles. The van der Waals surface area contributed by atoms with Crippen molar-refractivity contribution in [1.29, 1.82) is 0 Å². The van der Waals surface area contributed by atoms with Gasteiger partial charge in [0.25, 0.3) is 11.5 Å². The first kappa shape index (κ1) is 26.2. The van der Waals surface area contributed by atoms with Gasteiger partial charge in [0.1, 0.15) is 0 Å². The number of aryl methyl sites for hydroxylation is 1. The van der Waals surface area contributed by atoms with Gasteiger partial charge < -0.3 is 0 Å². The van der Waals surface area contributed by atoms with E-state index < -0.39 is 10.0 Å². The molecule has 190 valence electrons. The maximum atomic E-state index is 13.3. The van der Waals surface area contributed by atoms with E-state index in [0.29, 0.717) is 33.9 Å². The van der Waals surface area contributed by atoms with Crippen LogP contribution in [-0.2, 0) is 27.8 Å². The van der Waals surface area contributed by atoms with Crippen LogP contribution in [0.1, 0.15) is 18.2 Å². The van der Waals surface area contributed by atoms with E-state index in [1.54, 1.807) is 61.7 Å². The molecule has 37 heavy (non-hydrogen) atoms. The molecule has 0 aliphatic heterocycles. The van der Waals surface area contributed by atoms with Crippen molar-refractivity contribution in [2.75, 3.05) is 5.75 Å². The highest BCUT2D eigenvalue weighted by Gasteiger charge is 2.14. The van der Waals surface area contributed by atoms with E-state index in [2.05, 4.69) is 20.5 Å². The van der Waals surface area contributed by atoms with E-state index in [-0.39, 0.29) is 28.7 Å². The molecule has 0 bridgehead atoms. The number of sulfonamides is 1. The summed E-state index contributed by atoms with van der Waals surface area (Å²) >= 11 is 1.13. The predicted octanol–water partition coefficient (Wildman–Crippen LogP) is 2.31. The summed E-state index contributed by atoms with van der Waals surface area (Å²) in [6.45, 7) is 2.03. The molecular formula is C25H24N6O4S2. The molecule has 1 amide bonds. The van der Waals surface area contributed by atoms with Gasteiger partial charge in [-0.2, -0.15) is 5.10 Å². The smallest absolute Gasteiger partial charge is 0.262 e. The van der Waals surface area contributed by atoms with Gasteiger partial charge in [0.2, 0.25) is 10.0 Å². The van der Waals surface area contributed by atoms with Gasteiger partial charge in [0.15, 0.2) is 5.16 Å². The van der Waals surface area contributed by atoms with Gasteiger partial charge in [0, 0.05) is 12.7 Å². The first-order chi connectivity index (χ1) is 17.7. The molecule has 0 unspecified atom stereocenters. The van der Waals surface area contributed by atoms with Gasteiger partial charge in [-0.1, -0.05) is 42.1 Å². The minimum Gasteiger partial charge on any atom is -0.287 e. The molecule has 3 N–H and O–H groups in total. The fourth-order valence-corrected chi connectivity index (χ4v) is 4.82. The van der Waals surface area contributed by atoms with Crippen molar-refractivity contribution in [2.45, 2.75) is 29.9 Å². The Balaban J connectivity index is 1.51.